The maximum absolute atomic E-state index is 12.5. The Morgan fingerprint density at radius 1 is 0.929 bits per heavy atom. The molecule has 28 heavy (non-hydrogen) atoms. The molecule has 2 fully saturated rings. The smallest absolute Gasteiger partial charge is 0.255 e. The number of piperazine rings is 1. The number of carbonyl (C=O) groups excluding carboxylic acids is 2. The first-order chi connectivity index (χ1) is 13.6. The SMILES string of the molecule is CCc1ccc(NC(=O)c2ccc(N3CCN(C(=O)C4CC4)CC3)cc2)cc1. The van der Waals surface area contributed by atoms with Crippen LogP contribution in [-0.2, 0) is 11.2 Å². The molecule has 0 atom stereocenters. The van der Waals surface area contributed by atoms with Crippen molar-refractivity contribution in [3.63, 3.8) is 0 Å². The van der Waals surface area contributed by atoms with Crippen molar-refractivity contribution in [2.75, 3.05) is 36.4 Å². The minimum Gasteiger partial charge on any atom is -0.368 e. The van der Waals surface area contributed by atoms with Gasteiger partial charge in [0.2, 0.25) is 5.91 Å². The van der Waals surface area contributed by atoms with Crippen LogP contribution in [0, 0.1) is 5.92 Å². The first kappa shape index (κ1) is 18.5. The van der Waals surface area contributed by atoms with Gasteiger partial charge in [0.1, 0.15) is 0 Å². The number of benzene rings is 2. The predicted octanol–water partition coefficient (Wildman–Crippen LogP) is 3.56. The second-order valence-electron chi connectivity index (χ2n) is 7.64. The summed E-state index contributed by atoms with van der Waals surface area (Å²) in [4.78, 5) is 28.9. The summed E-state index contributed by atoms with van der Waals surface area (Å²) in [6, 6.07) is 15.7. The Morgan fingerprint density at radius 3 is 2.14 bits per heavy atom. The number of aryl methyl sites for hydroxylation is 1. The van der Waals surface area contributed by atoms with E-state index in [4.69, 9.17) is 0 Å². The van der Waals surface area contributed by atoms with Gasteiger partial charge in [0, 0.05) is 49.0 Å². The molecule has 2 aromatic rings. The Kier molecular flexibility index (Phi) is 5.33. The first-order valence-corrected chi connectivity index (χ1v) is 10.2. The third kappa shape index (κ3) is 4.19. The molecule has 0 spiro atoms. The van der Waals surface area contributed by atoms with Crippen LogP contribution in [-0.4, -0.2) is 42.9 Å². The molecule has 1 saturated heterocycles. The van der Waals surface area contributed by atoms with E-state index in [9.17, 15) is 9.59 Å². The van der Waals surface area contributed by atoms with E-state index in [0.717, 1.165) is 56.8 Å². The average Bonchev–Trinajstić information content (AvgIpc) is 3.59. The summed E-state index contributed by atoms with van der Waals surface area (Å²) in [7, 11) is 0. The minimum absolute atomic E-state index is 0.101. The second-order valence-corrected chi connectivity index (χ2v) is 7.64. The minimum atomic E-state index is -0.101. The highest BCUT2D eigenvalue weighted by Gasteiger charge is 2.34. The van der Waals surface area contributed by atoms with Crippen molar-refractivity contribution in [1.82, 2.24) is 4.90 Å². The fraction of sp³-hybridized carbons (Fsp3) is 0.391. The number of nitrogens with one attached hydrogen (secondary N) is 1. The van der Waals surface area contributed by atoms with E-state index in [1.807, 2.05) is 53.4 Å². The average molecular weight is 377 g/mol. The normalized spacial score (nSPS) is 16.8. The van der Waals surface area contributed by atoms with Gasteiger partial charge in [-0.2, -0.15) is 0 Å². The molecule has 2 amide bonds. The molecular weight excluding hydrogens is 350 g/mol. The highest BCUT2D eigenvalue weighted by Crippen LogP contribution is 2.31. The molecule has 0 unspecified atom stereocenters. The van der Waals surface area contributed by atoms with E-state index in [2.05, 4.69) is 17.1 Å². The molecule has 5 nitrogen and oxygen atoms in total. The van der Waals surface area contributed by atoms with Crippen LogP contribution >= 0.6 is 0 Å². The summed E-state index contributed by atoms with van der Waals surface area (Å²) < 4.78 is 0. The third-order valence-corrected chi connectivity index (χ3v) is 5.63. The van der Waals surface area contributed by atoms with Crippen LogP contribution < -0.4 is 10.2 Å². The fourth-order valence-corrected chi connectivity index (χ4v) is 3.62. The first-order valence-electron chi connectivity index (χ1n) is 10.2. The molecule has 0 bridgehead atoms. The number of rotatable bonds is 5. The number of amides is 2. The van der Waals surface area contributed by atoms with Crippen molar-refractivity contribution in [3.8, 4) is 0 Å². The third-order valence-electron chi connectivity index (χ3n) is 5.63. The molecule has 1 heterocycles. The van der Waals surface area contributed by atoms with Crippen LogP contribution in [0.4, 0.5) is 11.4 Å². The lowest BCUT2D eigenvalue weighted by Gasteiger charge is -2.36. The van der Waals surface area contributed by atoms with E-state index in [-0.39, 0.29) is 5.91 Å². The van der Waals surface area contributed by atoms with Crippen molar-refractivity contribution in [3.05, 3.63) is 59.7 Å². The van der Waals surface area contributed by atoms with Gasteiger partial charge in [-0.15, -0.1) is 0 Å². The number of anilines is 2. The van der Waals surface area contributed by atoms with Gasteiger partial charge in [0.05, 0.1) is 0 Å². The van der Waals surface area contributed by atoms with E-state index in [1.54, 1.807) is 0 Å². The summed E-state index contributed by atoms with van der Waals surface area (Å²) in [6.07, 6.45) is 3.11. The standard InChI is InChI=1S/C23H27N3O2/c1-2-17-3-9-20(10-4-17)24-22(27)18-7-11-21(12-8-18)25-13-15-26(16-14-25)23(28)19-5-6-19/h3-4,7-12,19H,2,5-6,13-16H2,1H3,(H,24,27). The summed E-state index contributed by atoms with van der Waals surface area (Å²) in [5, 5.41) is 2.95. The molecule has 2 aromatic carbocycles. The van der Waals surface area contributed by atoms with Crippen molar-refractivity contribution in [2.24, 2.45) is 5.92 Å². The number of hydrogen-bond donors (Lipinski definition) is 1. The Balaban J connectivity index is 1.33. The molecule has 1 saturated carbocycles. The van der Waals surface area contributed by atoms with Gasteiger partial charge in [0.25, 0.3) is 5.91 Å². The zero-order valence-electron chi connectivity index (χ0n) is 16.4. The lowest BCUT2D eigenvalue weighted by molar-refractivity contribution is -0.132. The van der Waals surface area contributed by atoms with Crippen LogP contribution in [0.2, 0.25) is 0 Å². The maximum atomic E-state index is 12.5. The Morgan fingerprint density at radius 2 is 1.57 bits per heavy atom. The van der Waals surface area contributed by atoms with Crippen LogP contribution in [0.15, 0.2) is 48.5 Å². The molecule has 0 aromatic heterocycles. The Labute approximate surface area is 166 Å². The summed E-state index contributed by atoms with van der Waals surface area (Å²) in [6.45, 7) is 5.36. The van der Waals surface area contributed by atoms with Gasteiger partial charge in [0.15, 0.2) is 0 Å². The van der Waals surface area contributed by atoms with E-state index in [0.29, 0.717) is 17.4 Å². The maximum Gasteiger partial charge on any atom is 0.255 e. The van der Waals surface area contributed by atoms with Gasteiger partial charge in [-0.25, -0.2) is 0 Å². The summed E-state index contributed by atoms with van der Waals surface area (Å²) in [5.41, 5.74) is 3.80. The Hall–Kier alpha value is -2.82. The van der Waals surface area contributed by atoms with Crippen LogP contribution in [0.3, 0.4) is 0 Å². The van der Waals surface area contributed by atoms with E-state index < -0.39 is 0 Å². The molecule has 4 rings (SSSR count). The van der Waals surface area contributed by atoms with Gasteiger partial charge >= 0.3 is 0 Å². The molecule has 1 aliphatic heterocycles. The largest absolute Gasteiger partial charge is 0.368 e. The zero-order valence-corrected chi connectivity index (χ0v) is 16.4. The molecule has 2 aliphatic rings. The lowest BCUT2D eigenvalue weighted by Crippen LogP contribution is -2.49. The number of carbonyl (C=O) groups is 2. The van der Waals surface area contributed by atoms with Crippen LogP contribution in [0.25, 0.3) is 0 Å². The quantitative estimate of drug-likeness (QED) is 0.867. The highest BCUT2D eigenvalue weighted by molar-refractivity contribution is 6.04. The van der Waals surface area contributed by atoms with Crippen molar-refractivity contribution in [1.29, 1.82) is 0 Å². The number of nitrogens with zero attached hydrogens (tertiary/aromatic N) is 2. The van der Waals surface area contributed by atoms with E-state index >= 15 is 0 Å². The summed E-state index contributed by atoms with van der Waals surface area (Å²) >= 11 is 0. The van der Waals surface area contributed by atoms with Gasteiger partial charge in [-0.05, 0) is 61.2 Å². The van der Waals surface area contributed by atoms with Crippen molar-refractivity contribution < 1.29 is 9.59 Å². The topological polar surface area (TPSA) is 52.7 Å². The number of hydrogen-bond acceptors (Lipinski definition) is 3. The van der Waals surface area contributed by atoms with E-state index in [1.165, 1.54) is 5.56 Å². The molecule has 5 heteroatoms. The highest BCUT2D eigenvalue weighted by atomic mass is 16.2. The molecule has 1 N–H and O–H groups in total. The zero-order chi connectivity index (χ0) is 19.5. The molecular formula is C23H27N3O2. The second kappa shape index (κ2) is 8.05. The lowest BCUT2D eigenvalue weighted by atomic mass is 10.1. The van der Waals surface area contributed by atoms with Gasteiger partial charge in [-0.3, -0.25) is 9.59 Å². The van der Waals surface area contributed by atoms with Crippen LogP contribution in [0.5, 0.6) is 0 Å². The molecule has 1 aliphatic carbocycles. The molecule has 146 valence electrons. The predicted molar refractivity (Wildman–Crippen MR) is 112 cm³/mol. The summed E-state index contributed by atoms with van der Waals surface area (Å²) in [5.74, 6) is 0.525. The molecule has 0 radical (unpaired) electrons. The Bertz CT molecular complexity index is 833. The monoisotopic (exact) mass is 377 g/mol. The van der Waals surface area contributed by atoms with Crippen molar-refractivity contribution >= 4 is 23.2 Å². The van der Waals surface area contributed by atoms with Gasteiger partial charge in [-0.1, -0.05) is 19.1 Å². The van der Waals surface area contributed by atoms with Gasteiger partial charge < -0.3 is 15.1 Å². The van der Waals surface area contributed by atoms with Crippen molar-refractivity contribution in [2.45, 2.75) is 26.2 Å². The van der Waals surface area contributed by atoms with Crippen LogP contribution in [0.1, 0.15) is 35.7 Å². The fourth-order valence-electron chi connectivity index (χ4n) is 3.62.